The van der Waals surface area contributed by atoms with Gasteiger partial charge in [-0.15, -0.1) is 11.3 Å². The highest BCUT2D eigenvalue weighted by molar-refractivity contribution is 7.89. The van der Waals surface area contributed by atoms with E-state index in [9.17, 15) is 8.42 Å². The second-order valence-electron chi connectivity index (χ2n) is 7.15. The van der Waals surface area contributed by atoms with Gasteiger partial charge in [0.2, 0.25) is 10.0 Å². The summed E-state index contributed by atoms with van der Waals surface area (Å²) in [6.07, 6.45) is 4.02. The second kappa shape index (κ2) is 7.22. The van der Waals surface area contributed by atoms with Crippen LogP contribution < -0.4 is 0 Å². The van der Waals surface area contributed by atoms with E-state index in [2.05, 4.69) is 18.4 Å². The van der Waals surface area contributed by atoms with Gasteiger partial charge in [-0.2, -0.15) is 4.31 Å². The molecule has 0 radical (unpaired) electrons. The Kier molecular flexibility index (Phi) is 5.37. The van der Waals surface area contributed by atoms with Crippen LogP contribution in [0.2, 0.25) is 0 Å². The minimum absolute atomic E-state index is 0.0338. The van der Waals surface area contributed by atoms with Crippen molar-refractivity contribution in [2.75, 3.05) is 6.54 Å². The van der Waals surface area contributed by atoms with Crippen LogP contribution in [0.15, 0.2) is 28.5 Å². The molecule has 1 aromatic carbocycles. The summed E-state index contributed by atoms with van der Waals surface area (Å²) in [7, 11) is -3.51. The van der Waals surface area contributed by atoms with Crippen molar-refractivity contribution in [3.05, 3.63) is 50.7 Å². The Hall–Kier alpha value is -1.17. The fraction of sp³-hybridized carbons (Fsp3) is 0.500. The largest absolute Gasteiger partial charge is 0.243 e. The summed E-state index contributed by atoms with van der Waals surface area (Å²) in [6, 6.07) is 5.90. The number of aryl methyl sites for hydroxylation is 4. The molecule has 1 aliphatic heterocycles. The summed E-state index contributed by atoms with van der Waals surface area (Å²) >= 11 is 1.68. The fourth-order valence-electron chi connectivity index (χ4n) is 3.70. The van der Waals surface area contributed by atoms with Gasteiger partial charge in [0.1, 0.15) is 0 Å². The molecule has 0 bridgehead atoms. The zero-order valence-corrected chi connectivity index (χ0v) is 17.1. The monoisotopic (exact) mass is 377 g/mol. The molecular formula is C20H27NO2S2. The zero-order chi connectivity index (χ0) is 18.2. The topological polar surface area (TPSA) is 37.4 Å². The highest BCUT2D eigenvalue weighted by Crippen LogP contribution is 2.39. The molecule has 0 unspecified atom stereocenters. The second-order valence-corrected chi connectivity index (χ2v) is 9.96. The van der Waals surface area contributed by atoms with E-state index in [1.165, 1.54) is 10.4 Å². The van der Waals surface area contributed by atoms with Crippen LogP contribution in [0.1, 0.15) is 58.9 Å². The lowest BCUT2D eigenvalue weighted by atomic mass is 10.1. The average Bonchev–Trinajstić information content (AvgIpc) is 2.82. The van der Waals surface area contributed by atoms with Crippen LogP contribution in [0.25, 0.3) is 0 Å². The zero-order valence-electron chi connectivity index (χ0n) is 15.5. The maximum absolute atomic E-state index is 13.6. The molecule has 0 saturated carbocycles. The van der Waals surface area contributed by atoms with Crippen molar-refractivity contribution >= 4 is 21.4 Å². The van der Waals surface area contributed by atoms with E-state index in [4.69, 9.17) is 0 Å². The molecule has 25 heavy (non-hydrogen) atoms. The maximum Gasteiger partial charge on any atom is 0.243 e. The summed E-state index contributed by atoms with van der Waals surface area (Å²) in [5.41, 5.74) is 4.21. The Balaban J connectivity index is 2.10. The van der Waals surface area contributed by atoms with Crippen molar-refractivity contribution in [1.82, 2.24) is 4.31 Å². The maximum atomic E-state index is 13.6. The van der Waals surface area contributed by atoms with Crippen molar-refractivity contribution in [1.29, 1.82) is 0 Å². The Labute approximate surface area is 155 Å². The highest BCUT2D eigenvalue weighted by Gasteiger charge is 2.35. The molecule has 3 nitrogen and oxygen atoms in total. The Morgan fingerprint density at radius 3 is 2.36 bits per heavy atom. The number of hydrogen-bond donors (Lipinski definition) is 0. The third kappa shape index (κ3) is 3.55. The lowest BCUT2D eigenvalue weighted by Gasteiger charge is -2.30. The lowest BCUT2D eigenvalue weighted by molar-refractivity contribution is 0.332. The van der Waals surface area contributed by atoms with E-state index in [1.54, 1.807) is 15.6 Å². The van der Waals surface area contributed by atoms with Crippen LogP contribution >= 0.6 is 11.3 Å². The van der Waals surface area contributed by atoms with Gasteiger partial charge >= 0.3 is 0 Å². The van der Waals surface area contributed by atoms with Gasteiger partial charge < -0.3 is 0 Å². The molecule has 0 aliphatic carbocycles. The van der Waals surface area contributed by atoms with Crippen LogP contribution in [-0.2, 0) is 10.0 Å². The van der Waals surface area contributed by atoms with Gasteiger partial charge in [-0.3, -0.25) is 0 Å². The Morgan fingerprint density at radius 1 is 0.960 bits per heavy atom. The normalized spacial score (nSPS) is 19.8. The summed E-state index contributed by atoms with van der Waals surface area (Å²) in [5.74, 6) is 0. The minimum Gasteiger partial charge on any atom is -0.207 e. The Morgan fingerprint density at radius 2 is 1.68 bits per heavy atom. The quantitative estimate of drug-likeness (QED) is 0.729. The standard InChI is InChI=1S/C20H27NO2S2/c1-14-9-11-24-20(14)18-8-6-5-7-10-21(18)25(22,23)19-13-16(3)15(2)12-17(19)4/h9,11-13,18H,5-8,10H2,1-4H3/t18-/m1/s1. The van der Waals surface area contributed by atoms with Gasteiger partial charge in [-0.1, -0.05) is 18.9 Å². The molecule has 3 rings (SSSR count). The van der Waals surface area contributed by atoms with Gasteiger partial charge in [-0.25, -0.2) is 8.42 Å². The van der Waals surface area contributed by atoms with Gasteiger partial charge in [0.15, 0.2) is 0 Å². The number of rotatable bonds is 3. The number of thiophene rings is 1. The summed E-state index contributed by atoms with van der Waals surface area (Å²) < 4.78 is 28.9. The Bertz CT molecular complexity index is 868. The first-order valence-corrected chi connectivity index (χ1v) is 11.3. The molecule has 136 valence electrons. The first-order valence-electron chi connectivity index (χ1n) is 8.96. The van der Waals surface area contributed by atoms with Crippen LogP contribution in [0.5, 0.6) is 0 Å². The number of benzene rings is 1. The summed E-state index contributed by atoms with van der Waals surface area (Å²) in [4.78, 5) is 1.67. The van der Waals surface area contributed by atoms with E-state index >= 15 is 0 Å². The molecular weight excluding hydrogens is 350 g/mol. The third-order valence-electron chi connectivity index (χ3n) is 5.29. The predicted molar refractivity (Wildman–Crippen MR) is 105 cm³/mol. The lowest BCUT2D eigenvalue weighted by Crippen LogP contribution is -2.35. The van der Waals surface area contributed by atoms with Crippen molar-refractivity contribution in [3.8, 4) is 0 Å². The third-order valence-corrected chi connectivity index (χ3v) is 8.46. The predicted octanol–water partition coefficient (Wildman–Crippen LogP) is 5.29. The molecule has 1 atom stereocenters. The van der Waals surface area contributed by atoms with Gasteiger partial charge in [0, 0.05) is 11.4 Å². The highest BCUT2D eigenvalue weighted by atomic mass is 32.2. The van der Waals surface area contributed by atoms with E-state index in [0.29, 0.717) is 11.4 Å². The van der Waals surface area contributed by atoms with E-state index in [-0.39, 0.29) is 6.04 Å². The van der Waals surface area contributed by atoms with Crippen LogP contribution in [-0.4, -0.2) is 19.3 Å². The van der Waals surface area contributed by atoms with E-state index in [0.717, 1.165) is 42.4 Å². The minimum atomic E-state index is -3.51. The molecule has 0 amide bonds. The molecule has 1 fully saturated rings. The van der Waals surface area contributed by atoms with E-state index in [1.807, 2.05) is 32.9 Å². The number of nitrogens with zero attached hydrogens (tertiary/aromatic N) is 1. The first kappa shape index (κ1) is 18.6. The summed E-state index contributed by atoms with van der Waals surface area (Å²) in [6.45, 7) is 8.61. The van der Waals surface area contributed by atoms with Crippen molar-refractivity contribution in [2.45, 2.75) is 64.3 Å². The van der Waals surface area contributed by atoms with Crippen molar-refractivity contribution in [2.24, 2.45) is 0 Å². The van der Waals surface area contributed by atoms with Crippen LogP contribution in [0, 0.1) is 27.7 Å². The molecule has 0 N–H and O–H groups in total. The molecule has 1 aromatic heterocycles. The van der Waals surface area contributed by atoms with Crippen molar-refractivity contribution < 1.29 is 8.42 Å². The van der Waals surface area contributed by atoms with Crippen LogP contribution in [0.3, 0.4) is 0 Å². The molecule has 2 heterocycles. The molecule has 2 aromatic rings. The number of sulfonamides is 1. The van der Waals surface area contributed by atoms with Gasteiger partial charge in [0.05, 0.1) is 10.9 Å². The van der Waals surface area contributed by atoms with Crippen molar-refractivity contribution in [3.63, 3.8) is 0 Å². The smallest absolute Gasteiger partial charge is 0.207 e. The van der Waals surface area contributed by atoms with Gasteiger partial charge in [-0.05, 0) is 80.3 Å². The molecule has 1 aliphatic rings. The number of hydrogen-bond acceptors (Lipinski definition) is 3. The van der Waals surface area contributed by atoms with Gasteiger partial charge in [0.25, 0.3) is 0 Å². The van der Waals surface area contributed by atoms with E-state index < -0.39 is 10.0 Å². The fourth-order valence-corrected chi connectivity index (χ4v) is 6.80. The van der Waals surface area contributed by atoms with Crippen LogP contribution in [0.4, 0.5) is 0 Å². The summed E-state index contributed by atoms with van der Waals surface area (Å²) in [5, 5.41) is 2.07. The average molecular weight is 378 g/mol. The molecule has 1 saturated heterocycles. The molecule has 5 heteroatoms. The SMILES string of the molecule is Cc1cc(C)c(S(=O)(=O)N2CCCCC[C@@H]2c2sccc2C)cc1C. The molecule has 0 spiro atoms. The first-order chi connectivity index (χ1) is 11.8.